The van der Waals surface area contributed by atoms with Crippen molar-refractivity contribution in [2.24, 2.45) is 0 Å². The molecule has 2 fully saturated rings. The molecule has 1 N–H and O–H groups in total. The zero-order chi connectivity index (χ0) is 17.1. The average molecular weight is 349 g/mol. The van der Waals surface area contributed by atoms with Gasteiger partial charge in [-0.05, 0) is 25.0 Å². The minimum Gasteiger partial charge on any atom is -0.480 e. The predicted molar refractivity (Wildman–Crippen MR) is 89.0 cm³/mol. The van der Waals surface area contributed by atoms with Crippen LogP contribution < -0.4 is 10.1 Å². The molecule has 7 nitrogen and oxygen atoms in total. The van der Waals surface area contributed by atoms with Crippen molar-refractivity contribution in [3.05, 3.63) is 23.9 Å². The highest BCUT2D eigenvalue weighted by atomic mass is 32.2. The van der Waals surface area contributed by atoms with Gasteiger partial charge in [0.1, 0.15) is 5.56 Å². The molecule has 3 rings (SSSR count). The molecule has 1 aromatic heterocycles. The number of nitrogens with one attached hydrogen (secondary N) is 1. The maximum absolute atomic E-state index is 12.6. The van der Waals surface area contributed by atoms with Crippen molar-refractivity contribution in [1.29, 1.82) is 0 Å². The zero-order valence-electron chi connectivity index (χ0n) is 13.4. The van der Waals surface area contributed by atoms with Crippen molar-refractivity contribution in [3.63, 3.8) is 0 Å². The maximum atomic E-state index is 12.6. The molecule has 1 aliphatic carbocycles. The first-order valence-corrected chi connectivity index (χ1v) is 8.89. The number of nitrogens with zero attached hydrogens (tertiary/aromatic N) is 2. The summed E-state index contributed by atoms with van der Waals surface area (Å²) in [5, 5.41) is 2.75. The average Bonchev–Trinajstić information content (AvgIpc) is 2.94. The second-order valence-electron chi connectivity index (χ2n) is 5.81. The number of rotatable bonds is 4. The van der Waals surface area contributed by atoms with E-state index in [0.717, 1.165) is 31.0 Å². The zero-order valence-corrected chi connectivity index (χ0v) is 14.2. The number of imide groups is 1. The summed E-state index contributed by atoms with van der Waals surface area (Å²) in [6, 6.07) is 2.78. The Hall–Kier alpha value is -2.09. The topological polar surface area (TPSA) is 88.6 Å². The molecule has 1 saturated carbocycles. The van der Waals surface area contributed by atoms with Crippen LogP contribution in [0.5, 0.6) is 5.88 Å². The normalized spacial score (nSPS) is 24.1. The molecule has 0 spiro atoms. The Morgan fingerprint density at radius 1 is 1.38 bits per heavy atom. The summed E-state index contributed by atoms with van der Waals surface area (Å²) in [6.07, 6.45) is 4.90. The Balaban J connectivity index is 1.77. The number of thioether (sulfide) groups is 1. The van der Waals surface area contributed by atoms with Crippen molar-refractivity contribution in [2.75, 3.05) is 12.9 Å². The van der Waals surface area contributed by atoms with Gasteiger partial charge in [0, 0.05) is 6.20 Å². The first-order chi connectivity index (χ1) is 11.6. The van der Waals surface area contributed by atoms with Crippen LogP contribution in [-0.4, -0.2) is 51.9 Å². The molecular weight excluding hydrogens is 330 g/mol. The Labute approximate surface area is 144 Å². The van der Waals surface area contributed by atoms with E-state index in [1.165, 1.54) is 12.0 Å². The van der Waals surface area contributed by atoms with Gasteiger partial charge in [0.2, 0.25) is 11.8 Å². The monoisotopic (exact) mass is 349 g/mol. The molecule has 0 unspecified atom stereocenters. The van der Waals surface area contributed by atoms with Crippen LogP contribution in [0, 0.1) is 0 Å². The Morgan fingerprint density at radius 3 is 2.88 bits per heavy atom. The van der Waals surface area contributed by atoms with Gasteiger partial charge in [0.05, 0.1) is 24.9 Å². The second kappa shape index (κ2) is 7.21. The van der Waals surface area contributed by atoms with Crippen LogP contribution in [0.15, 0.2) is 18.3 Å². The third kappa shape index (κ3) is 3.24. The molecule has 2 aliphatic rings. The van der Waals surface area contributed by atoms with Gasteiger partial charge in [-0.15, -0.1) is 0 Å². The molecule has 3 amide bonds. The number of aromatic nitrogens is 1. The number of hydrogen-bond donors (Lipinski definition) is 1. The Morgan fingerprint density at radius 2 is 2.17 bits per heavy atom. The molecular formula is C16H19N3O4S. The number of hydrogen-bond acceptors (Lipinski definition) is 6. The highest BCUT2D eigenvalue weighted by molar-refractivity contribution is 8.14. The number of pyridine rings is 1. The molecule has 1 aliphatic heterocycles. The van der Waals surface area contributed by atoms with E-state index in [-0.39, 0.29) is 40.8 Å². The summed E-state index contributed by atoms with van der Waals surface area (Å²) in [4.78, 5) is 42.0. The van der Waals surface area contributed by atoms with E-state index in [1.807, 2.05) is 0 Å². The van der Waals surface area contributed by atoms with Crippen LogP contribution in [0.4, 0.5) is 4.79 Å². The lowest BCUT2D eigenvalue weighted by Gasteiger charge is -2.36. The molecule has 1 aromatic rings. The Bertz CT molecular complexity index is 650. The van der Waals surface area contributed by atoms with Gasteiger partial charge in [-0.3, -0.25) is 19.3 Å². The van der Waals surface area contributed by atoms with Crippen molar-refractivity contribution < 1.29 is 19.1 Å². The summed E-state index contributed by atoms with van der Waals surface area (Å²) >= 11 is 1.03. The number of methoxy groups -OCH3 is 1. The molecule has 2 heterocycles. The number of carbonyl (C=O) groups is 3. The van der Waals surface area contributed by atoms with Crippen LogP contribution in [0.2, 0.25) is 0 Å². The van der Waals surface area contributed by atoms with Crippen molar-refractivity contribution in [1.82, 2.24) is 15.2 Å². The highest BCUT2D eigenvalue weighted by Crippen LogP contribution is 2.30. The van der Waals surface area contributed by atoms with Crippen LogP contribution >= 0.6 is 11.8 Å². The molecule has 128 valence electrons. The van der Waals surface area contributed by atoms with E-state index in [4.69, 9.17) is 4.74 Å². The molecule has 1 saturated heterocycles. The first-order valence-electron chi connectivity index (χ1n) is 7.90. The molecule has 0 aromatic carbocycles. The van der Waals surface area contributed by atoms with Crippen molar-refractivity contribution in [3.8, 4) is 5.88 Å². The minimum atomic E-state index is -0.302. The SMILES string of the molecule is COc1ncccc1C(=O)N[C@@H]1CCCC[C@@H]1N1C(=O)CSC1=O. The fraction of sp³-hybridized carbons (Fsp3) is 0.500. The largest absolute Gasteiger partial charge is 0.480 e. The summed E-state index contributed by atoms with van der Waals surface area (Å²) in [7, 11) is 1.46. The third-order valence-corrected chi connectivity index (χ3v) is 5.21. The van der Waals surface area contributed by atoms with Gasteiger partial charge >= 0.3 is 0 Å². The molecule has 2 atom stereocenters. The molecule has 0 bridgehead atoms. The van der Waals surface area contributed by atoms with E-state index < -0.39 is 0 Å². The minimum absolute atomic E-state index is 0.171. The smallest absolute Gasteiger partial charge is 0.289 e. The fourth-order valence-electron chi connectivity index (χ4n) is 3.25. The third-order valence-electron chi connectivity index (χ3n) is 4.37. The van der Waals surface area contributed by atoms with E-state index in [0.29, 0.717) is 12.0 Å². The predicted octanol–water partition coefficient (Wildman–Crippen LogP) is 1.83. The van der Waals surface area contributed by atoms with Crippen molar-refractivity contribution >= 4 is 28.8 Å². The summed E-state index contributed by atoms with van der Waals surface area (Å²) in [5.41, 5.74) is 0.345. The van der Waals surface area contributed by atoms with Gasteiger partial charge in [0.25, 0.3) is 11.1 Å². The lowest BCUT2D eigenvalue weighted by molar-refractivity contribution is -0.127. The summed E-state index contributed by atoms with van der Waals surface area (Å²) < 4.78 is 5.12. The van der Waals surface area contributed by atoms with Crippen molar-refractivity contribution in [2.45, 2.75) is 37.8 Å². The first kappa shape index (κ1) is 16.8. The van der Waals surface area contributed by atoms with E-state index in [1.54, 1.807) is 18.3 Å². The number of amides is 3. The van der Waals surface area contributed by atoms with Crippen LogP contribution in [0.1, 0.15) is 36.0 Å². The maximum Gasteiger partial charge on any atom is 0.289 e. The standard InChI is InChI=1S/C16H19N3O4S/c1-23-15-10(5-4-8-17-15)14(21)18-11-6-2-3-7-12(11)19-13(20)9-24-16(19)22/h4-5,8,11-12H,2-3,6-7,9H2,1H3,(H,18,21)/t11-,12+/m1/s1. The number of ether oxygens (including phenoxy) is 1. The van der Waals surface area contributed by atoms with Gasteiger partial charge in [-0.1, -0.05) is 24.6 Å². The highest BCUT2D eigenvalue weighted by Gasteiger charge is 2.41. The van der Waals surface area contributed by atoms with Gasteiger partial charge in [-0.2, -0.15) is 0 Å². The van der Waals surface area contributed by atoms with Crippen LogP contribution in [0.3, 0.4) is 0 Å². The van der Waals surface area contributed by atoms with Crippen LogP contribution in [-0.2, 0) is 4.79 Å². The van der Waals surface area contributed by atoms with Gasteiger partial charge in [-0.25, -0.2) is 4.98 Å². The quantitative estimate of drug-likeness (QED) is 0.892. The van der Waals surface area contributed by atoms with E-state index in [9.17, 15) is 14.4 Å². The fourth-order valence-corrected chi connectivity index (χ4v) is 4.01. The molecule has 24 heavy (non-hydrogen) atoms. The van der Waals surface area contributed by atoms with E-state index in [2.05, 4.69) is 10.3 Å². The lowest BCUT2D eigenvalue weighted by Crippen LogP contribution is -2.54. The van der Waals surface area contributed by atoms with Crippen LogP contribution in [0.25, 0.3) is 0 Å². The molecule has 8 heteroatoms. The van der Waals surface area contributed by atoms with Gasteiger partial charge < -0.3 is 10.1 Å². The number of carbonyl (C=O) groups excluding carboxylic acids is 3. The molecule has 0 radical (unpaired) electrons. The Kier molecular flexibility index (Phi) is 5.03. The lowest BCUT2D eigenvalue weighted by atomic mass is 9.89. The second-order valence-corrected chi connectivity index (χ2v) is 6.74. The van der Waals surface area contributed by atoms with E-state index >= 15 is 0 Å². The summed E-state index contributed by atoms with van der Waals surface area (Å²) in [5.74, 6) is -0.0307. The van der Waals surface area contributed by atoms with Gasteiger partial charge in [0.15, 0.2) is 0 Å². The summed E-state index contributed by atoms with van der Waals surface area (Å²) in [6.45, 7) is 0.